The highest BCUT2D eigenvalue weighted by Crippen LogP contribution is 2.34. The number of anilines is 1. The summed E-state index contributed by atoms with van der Waals surface area (Å²) in [5, 5.41) is 26.0. The summed E-state index contributed by atoms with van der Waals surface area (Å²) in [6.45, 7) is 5.90. The number of carbonyl (C=O) groups excluding carboxylic acids is 2. The van der Waals surface area contributed by atoms with Crippen molar-refractivity contribution in [3.05, 3.63) is 28.5 Å². The first-order valence-corrected chi connectivity index (χ1v) is 13.5. The molecule has 0 unspecified atom stereocenters. The van der Waals surface area contributed by atoms with Crippen LogP contribution in [-0.4, -0.2) is 62.6 Å². The molecule has 0 spiro atoms. The van der Waals surface area contributed by atoms with Gasteiger partial charge >= 0.3 is 0 Å². The first kappa shape index (κ1) is 26.0. The third-order valence-electron chi connectivity index (χ3n) is 6.74. The van der Waals surface area contributed by atoms with E-state index in [9.17, 15) is 20.0 Å². The zero-order valence-electron chi connectivity index (χ0n) is 21.1. The zero-order valence-corrected chi connectivity index (χ0v) is 22.0. The van der Waals surface area contributed by atoms with Crippen molar-refractivity contribution < 1.29 is 14.7 Å². The number of aromatic nitrogens is 2. The van der Waals surface area contributed by atoms with Crippen molar-refractivity contribution in [3.8, 4) is 16.5 Å². The highest BCUT2D eigenvalue weighted by Gasteiger charge is 2.32. The average Bonchev–Trinajstić information content (AvgIpc) is 3.49. The fourth-order valence-corrected chi connectivity index (χ4v) is 5.68. The Hall–Kier alpha value is -3.03. The maximum Gasteiger partial charge on any atom is 0.280 e. The molecule has 2 amide bonds. The lowest BCUT2D eigenvalue weighted by atomic mass is 9.95. The highest BCUT2D eigenvalue weighted by molar-refractivity contribution is 7.17. The number of hydrogen-bond donors (Lipinski definition) is 3. The lowest BCUT2D eigenvalue weighted by molar-refractivity contribution is 0.0692. The first-order valence-electron chi connectivity index (χ1n) is 12.7. The zero-order chi connectivity index (χ0) is 25.9. The van der Waals surface area contributed by atoms with Crippen LogP contribution in [0.1, 0.15) is 91.6 Å². The molecule has 3 N–H and O–H groups in total. The van der Waals surface area contributed by atoms with Gasteiger partial charge in [0.05, 0.1) is 16.0 Å². The summed E-state index contributed by atoms with van der Waals surface area (Å²) in [5.41, 5.74) is 0.0925. The summed E-state index contributed by atoms with van der Waals surface area (Å²) in [6, 6.07) is 4.34. The molecular formula is C26H34N6O3S. The van der Waals surface area contributed by atoms with E-state index in [1.54, 1.807) is 31.0 Å². The van der Waals surface area contributed by atoms with Gasteiger partial charge in [-0.15, -0.1) is 11.3 Å². The van der Waals surface area contributed by atoms with Crippen LogP contribution in [0.5, 0.6) is 0 Å². The van der Waals surface area contributed by atoms with Crippen molar-refractivity contribution >= 4 is 29.0 Å². The number of nitriles is 1. The smallest absolute Gasteiger partial charge is 0.280 e. The van der Waals surface area contributed by atoms with Crippen molar-refractivity contribution in [3.63, 3.8) is 0 Å². The quantitative estimate of drug-likeness (QED) is 0.514. The molecule has 36 heavy (non-hydrogen) atoms. The number of likely N-dealkylation sites (tertiary alicyclic amines) is 1. The summed E-state index contributed by atoms with van der Waals surface area (Å²) < 4.78 is 0. The predicted octanol–water partition coefficient (Wildman–Crippen LogP) is 3.95. The maximum absolute atomic E-state index is 13.5. The van der Waals surface area contributed by atoms with Crippen LogP contribution in [0, 0.1) is 11.3 Å². The third-order valence-corrected chi connectivity index (χ3v) is 7.84. The Morgan fingerprint density at radius 2 is 2.00 bits per heavy atom. The summed E-state index contributed by atoms with van der Waals surface area (Å²) in [6.07, 6.45) is 9.16. The highest BCUT2D eigenvalue weighted by atomic mass is 32.1. The molecule has 2 fully saturated rings. The Balaban J connectivity index is 1.67. The Kier molecular flexibility index (Phi) is 7.91. The molecular weight excluding hydrogens is 476 g/mol. The van der Waals surface area contributed by atoms with Crippen molar-refractivity contribution in [2.24, 2.45) is 0 Å². The van der Waals surface area contributed by atoms with Gasteiger partial charge in [-0.25, -0.2) is 9.97 Å². The SMILES string of the molecule is C[C@H]1CCCN1C(=O)c1nc(C(=O)NCC(C)(C)O)sc1-c1cnc(NC2CCCCC2)c(C#N)c1. The van der Waals surface area contributed by atoms with E-state index in [0.29, 0.717) is 34.4 Å². The van der Waals surface area contributed by atoms with Crippen LogP contribution >= 0.6 is 11.3 Å². The molecule has 1 saturated heterocycles. The van der Waals surface area contributed by atoms with E-state index in [-0.39, 0.29) is 29.2 Å². The molecule has 0 bridgehead atoms. The normalized spacial score (nSPS) is 18.6. The van der Waals surface area contributed by atoms with Gasteiger partial charge in [-0.2, -0.15) is 5.26 Å². The molecule has 10 heteroatoms. The van der Waals surface area contributed by atoms with E-state index in [1.807, 2.05) is 6.92 Å². The van der Waals surface area contributed by atoms with Gasteiger partial charge in [0.2, 0.25) is 0 Å². The van der Waals surface area contributed by atoms with Gasteiger partial charge in [-0.05, 0) is 52.5 Å². The molecule has 1 saturated carbocycles. The molecule has 1 aliphatic carbocycles. The van der Waals surface area contributed by atoms with Crippen LogP contribution in [0.3, 0.4) is 0 Å². The van der Waals surface area contributed by atoms with Gasteiger partial charge < -0.3 is 20.6 Å². The van der Waals surface area contributed by atoms with Gasteiger partial charge in [-0.3, -0.25) is 9.59 Å². The summed E-state index contributed by atoms with van der Waals surface area (Å²) in [4.78, 5) is 37.6. The summed E-state index contributed by atoms with van der Waals surface area (Å²) in [5.74, 6) is -0.140. The van der Waals surface area contributed by atoms with Gasteiger partial charge in [-0.1, -0.05) is 19.3 Å². The van der Waals surface area contributed by atoms with Crippen LogP contribution in [0.4, 0.5) is 5.82 Å². The van der Waals surface area contributed by atoms with Gasteiger partial charge in [0.1, 0.15) is 17.6 Å². The molecule has 0 aromatic carbocycles. The van der Waals surface area contributed by atoms with Crippen LogP contribution in [0.15, 0.2) is 12.3 Å². The summed E-state index contributed by atoms with van der Waals surface area (Å²) >= 11 is 1.10. The van der Waals surface area contributed by atoms with Gasteiger partial charge in [0.15, 0.2) is 5.01 Å². The first-order chi connectivity index (χ1) is 17.2. The molecule has 2 aromatic heterocycles. The van der Waals surface area contributed by atoms with Crippen molar-refractivity contribution in [2.45, 2.75) is 83.4 Å². The monoisotopic (exact) mass is 510 g/mol. The molecule has 0 radical (unpaired) electrons. The number of amides is 2. The number of hydrogen-bond acceptors (Lipinski definition) is 8. The second kappa shape index (κ2) is 10.9. The van der Waals surface area contributed by atoms with E-state index < -0.39 is 11.5 Å². The van der Waals surface area contributed by atoms with E-state index in [0.717, 1.165) is 49.9 Å². The molecule has 1 aliphatic heterocycles. The second-order valence-electron chi connectivity index (χ2n) is 10.4. The van der Waals surface area contributed by atoms with Gasteiger partial charge in [0.25, 0.3) is 11.8 Å². The van der Waals surface area contributed by atoms with Crippen molar-refractivity contribution in [2.75, 3.05) is 18.4 Å². The van der Waals surface area contributed by atoms with Crippen LogP contribution in [0.25, 0.3) is 10.4 Å². The fourth-order valence-electron chi connectivity index (χ4n) is 4.73. The largest absolute Gasteiger partial charge is 0.389 e. The average molecular weight is 511 g/mol. The van der Waals surface area contributed by atoms with E-state index in [1.165, 1.54) is 6.42 Å². The number of rotatable bonds is 7. The predicted molar refractivity (Wildman–Crippen MR) is 139 cm³/mol. The minimum atomic E-state index is -1.08. The van der Waals surface area contributed by atoms with Crippen molar-refractivity contribution in [1.29, 1.82) is 5.26 Å². The standard InChI is InChI=1S/C26H34N6O3S/c1-16-8-7-11-32(16)25(34)20-21(36-24(31-20)23(33)29-15-26(2,3)35)18-12-17(13-27)22(28-14-18)30-19-9-5-4-6-10-19/h12,14,16,19,35H,4-11,15H2,1-3H3,(H,28,30)(H,29,33)/t16-/m0/s1. The molecule has 192 valence electrons. The van der Waals surface area contributed by atoms with Crippen LogP contribution in [0.2, 0.25) is 0 Å². The number of nitrogens with one attached hydrogen (secondary N) is 2. The number of nitrogens with zero attached hydrogens (tertiary/aromatic N) is 4. The van der Waals surface area contributed by atoms with E-state index >= 15 is 0 Å². The molecule has 3 heterocycles. The maximum atomic E-state index is 13.5. The number of thiazole rings is 1. The third kappa shape index (κ3) is 6.02. The minimum absolute atomic E-state index is 0.0505. The van der Waals surface area contributed by atoms with Crippen molar-refractivity contribution in [1.82, 2.24) is 20.2 Å². The van der Waals surface area contributed by atoms with Crippen LogP contribution in [-0.2, 0) is 0 Å². The molecule has 4 rings (SSSR count). The second-order valence-corrected chi connectivity index (χ2v) is 11.4. The van der Waals surface area contributed by atoms with Crippen LogP contribution < -0.4 is 10.6 Å². The Morgan fingerprint density at radius 3 is 2.64 bits per heavy atom. The Labute approximate surface area is 215 Å². The molecule has 2 aliphatic rings. The van der Waals surface area contributed by atoms with E-state index in [2.05, 4.69) is 26.7 Å². The Morgan fingerprint density at radius 1 is 1.25 bits per heavy atom. The molecule has 1 atom stereocenters. The lowest BCUT2D eigenvalue weighted by Gasteiger charge is -2.23. The Bertz CT molecular complexity index is 1160. The fraction of sp³-hybridized carbons (Fsp3) is 0.577. The molecule has 9 nitrogen and oxygen atoms in total. The molecule has 2 aromatic rings. The number of carbonyl (C=O) groups is 2. The summed E-state index contributed by atoms with van der Waals surface area (Å²) in [7, 11) is 0. The number of pyridine rings is 1. The van der Waals surface area contributed by atoms with E-state index in [4.69, 9.17) is 0 Å². The number of aliphatic hydroxyl groups is 1. The van der Waals surface area contributed by atoms with Gasteiger partial charge in [0, 0.05) is 36.9 Å². The lowest BCUT2D eigenvalue weighted by Crippen LogP contribution is -2.38. The topological polar surface area (TPSA) is 131 Å². The minimum Gasteiger partial charge on any atom is -0.389 e.